The van der Waals surface area contributed by atoms with Crippen LogP contribution in [0.15, 0.2) is 75.8 Å². The summed E-state index contributed by atoms with van der Waals surface area (Å²) < 4.78 is 15.3. The van der Waals surface area contributed by atoms with Gasteiger partial charge in [-0.3, -0.25) is 9.59 Å². The fraction of sp³-hybridized carbons (Fsp3) is 0.323. The molecule has 0 radical (unpaired) electrons. The molecule has 1 atom stereocenters. The third-order valence-corrected chi connectivity index (χ3v) is 9.42. The first-order valence-corrected chi connectivity index (χ1v) is 15.9. The van der Waals surface area contributed by atoms with Crippen molar-refractivity contribution in [3.8, 4) is 0 Å². The molecule has 44 heavy (non-hydrogen) atoms. The van der Waals surface area contributed by atoms with Gasteiger partial charge in [-0.2, -0.15) is 4.98 Å². The summed E-state index contributed by atoms with van der Waals surface area (Å²) in [6.07, 6.45) is 5.66. The largest absolute Gasteiger partial charge is 0.368 e. The van der Waals surface area contributed by atoms with Gasteiger partial charge in [-0.1, -0.05) is 54.0 Å². The maximum Gasteiger partial charge on any atom is 0.344 e. The third kappa shape index (κ3) is 7.88. The van der Waals surface area contributed by atoms with Crippen LogP contribution in [-0.2, 0) is 17.1 Å². The van der Waals surface area contributed by atoms with Gasteiger partial charge in [0.2, 0.25) is 5.91 Å². The molecule has 0 aliphatic carbocycles. The van der Waals surface area contributed by atoms with Crippen molar-refractivity contribution in [1.82, 2.24) is 24.4 Å². The van der Waals surface area contributed by atoms with Crippen LogP contribution in [0.3, 0.4) is 0 Å². The Morgan fingerprint density at radius 1 is 1.07 bits per heavy atom. The summed E-state index contributed by atoms with van der Waals surface area (Å²) in [5.74, 6) is -0.117. The van der Waals surface area contributed by atoms with Gasteiger partial charge in [0.1, 0.15) is 5.82 Å². The molecule has 1 amide bonds. The first-order valence-electron chi connectivity index (χ1n) is 14.2. The summed E-state index contributed by atoms with van der Waals surface area (Å²) in [4.78, 5) is 52.5. The number of halogens is 3. The molecule has 13 heteroatoms. The second kappa shape index (κ2) is 14.4. The van der Waals surface area contributed by atoms with Gasteiger partial charge in [0, 0.05) is 80.7 Å². The number of carbonyl (C=O) groups is 1. The van der Waals surface area contributed by atoms with Crippen LogP contribution in [0.5, 0.6) is 0 Å². The molecule has 2 aromatic heterocycles. The van der Waals surface area contributed by atoms with E-state index in [0.29, 0.717) is 77.6 Å². The molecule has 0 bridgehead atoms. The molecule has 4 aromatic rings. The zero-order valence-corrected chi connectivity index (χ0v) is 26.3. The summed E-state index contributed by atoms with van der Waals surface area (Å²) in [5.41, 5.74) is 2.16. The number of benzene rings is 2. The molecule has 3 heterocycles. The van der Waals surface area contributed by atoms with Gasteiger partial charge in [0.15, 0.2) is 5.16 Å². The van der Waals surface area contributed by atoms with Crippen LogP contribution >= 0.6 is 35.0 Å². The lowest BCUT2D eigenvalue weighted by atomic mass is 9.98. The molecule has 0 spiro atoms. The molecule has 0 saturated carbocycles. The Balaban J connectivity index is 1.25. The number of rotatable bonds is 10. The minimum Gasteiger partial charge on any atom is -0.368 e. The number of H-pyrrole nitrogens is 1. The SMILES string of the molecule is CC(c1cnc(=O)[nH]c1)c1cn(CCCC(=O)N2CCN(c3ccc(Cl)c(Cl)c3)CC2)c(SCc2ccc(F)cc2)nc1=O. The Kier molecular flexibility index (Phi) is 10.4. The van der Waals surface area contributed by atoms with Crippen LogP contribution in [0.2, 0.25) is 10.0 Å². The van der Waals surface area contributed by atoms with Crippen molar-refractivity contribution in [2.75, 3.05) is 31.1 Å². The normalized spacial score (nSPS) is 14.1. The average Bonchev–Trinajstić information content (AvgIpc) is 3.03. The number of nitrogens with one attached hydrogen (secondary N) is 1. The Bertz CT molecular complexity index is 1720. The van der Waals surface area contributed by atoms with Gasteiger partial charge < -0.3 is 19.4 Å². The summed E-state index contributed by atoms with van der Waals surface area (Å²) in [7, 11) is 0. The number of hydrogen-bond donors (Lipinski definition) is 1. The zero-order valence-electron chi connectivity index (χ0n) is 24.0. The third-order valence-electron chi connectivity index (χ3n) is 7.62. The highest BCUT2D eigenvalue weighted by Crippen LogP contribution is 2.28. The molecule has 9 nitrogen and oxygen atoms in total. The number of aromatic nitrogens is 4. The Hall–Kier alpha value is -3.67. The summed E-state index contributed by atoms with van der Waals surface area (Å²) in [6.45, 7) is 4.91. The van der Waals surface area contributed by atoms with Crippen LogP contribution in [0.25, 0.3) is 0 Å². The highest BCUT2D eigenvalue weighted by molar-refractivity contribution is 7.98. The lowest BCUT2D eigenvalue weighted by Gasteiger charge is -2.36. The van der Waals surface area contributed by atoms with Gasteiger partial charge in [-0.05, 0) is 47.9 Å². The number of amides is 1. The smallest absolute Gasteiger partial charge is 0.344 e. The molecule has 1 unspecified atom stereocenters. The quantitative estimate of drug-likeness (QED) is 0.181. The Labute approximate surface area is 268 Å². The van der Waals surface area contributed by atoms with E-state index >= 15 is 0 Å². The van der Waals surface area contributed by atoms with Crippen LogP contribution in [-0.4, -0.2) is 56.5 Å². The number of carbonyl (C=O) groups excluding carboxylic acids is 1. The van der Waals surface area contributed by atoms with Gasteiger partial charge >= 0.3 is 5.69 Å². The van der Waals surface area contributed by atoms with E-state index in [1.165, 1.54) is 30.1 Å². The molecule has 1 saturated heterocycles. The lowest BCUT2D eigenvalue weighted by Crippen LogP contribution is -2.48. The van der Waals surface area contributed by atoms with Crippen LogP contribution < -0.4 is 16.1 Å². The summed E-state index contributed by atoms with van der Waals surface area (Å²) in [5, 5.41) is 1.52. The van der Waals surface area contributed by atoms with E-state index in [2.05, 4.69) is 19.9 Å². The van der Waals surface area contributed by atoms with Gasteiger partial charge in [0.05, 0.1) is 10.0 Å². The fourth-order valence-corrected chi connectivity index (χ4v) is 6.26. The molecule has 1 aliphatic heterocycles. The number of piperazine rings is 1. The lowest BCUT2D eigenvalue weighted by molar-refractivity contribution is -0.131. The van der Waals surface area contributed by atoms with Crippen molar-refractivity contribution in [3.63, 3.8) is 0 Å². The topological polar surface area (TPSA) is 104 Å². The molecule has 230 valence electrons. The van der Waals surface area contributed by atoms with E-state index in [4.69, 9.17) is 23.2 Å². The van der Waals surface area contributed by atoms with Crippen LogP contribution in [0.4, 0.5) is 10.1 Å². The Morgan fingerprint density at radius 2 is 1.82 bits per heavy atom. The monoisotopic (exact) mass is 656 g/mol. The maximum absolute atomic E-state index is 13.4. The van der Waals surface area contributed by atoms with E-state index in [9.17, 15) is 18.8 Å². The number of anilines is 1. The predicted molar refractivity (Wildman–Crippen MR) is 171 cm³/mol. The van der Waals surface area contributed by atoms with E-state index in [0.717, 1.165) is 11.3 Å². The van der Waals surface area contributed by atoms with E-state index in [1.54, 1.807) is 30.6 Å². The first kappa shape index (κ1) is 31.7. The standard InChI is InChI=1S/C31H31Cl2FN6O3S/c1-20(22-16-35-30(43)36-17-22)25-18-40(31(37-29(25)42)44-19-21-4-6-23(34)7-5-21)10-2-3-28(41)39-13-11-38(12-14-39)24-8-9-26(32)27(33)15-24/h4-9,15-18,20H,2-3,10-14,19H2,1H3,(H,35,36,43). The molecule has 1 N–H and O–H groups in total. The summed E-state index contributed by atoms with van der Waals surface area (Å²) in [6, 6.07) is 11.7. The van der Waals surface area contributed by atoms with Crippen molar-refractivity contribution >= 4 is 46.6 Å². The minimum atomic E-state index is -0.468. The average molecular weight is 658 g/mol. The number of hydrogen-bond acceptors (Lipinski definition) is 7. The van der Waals surface area contributed by atoms with E-state index < -0.39 is 5.69 Å². The van der Waals surface area contributed by atoms with Gasteiger partial charge in [-0.25, -0.2) is 14.2 Å². The maximum atomic E-state index is 13.4. The number of aromatic amines is 1. The zero-order chi connectivity index (χ0) is 31.2. The van der Waals surface area contributed by atoms with Crippen molar-refractivity contribution in [2.45, 2.75) is 43.1 Å². The van der Waals surface area contributed by atoms with Gasteiger partial charge in [0.25, 0.3) is 5.56 Å². The van der Waals surface area contributed by atoms with Crippen molar-refractivity contribution in [2.24, 2.45) is 0 Å². The second-order valence-corrected chi connectivity index (χ2v) is 12.3. The first-order chi connectivity index (χ1) is 21.2. The molecule has 1 fully saturated rings. The van der Waals surface area contributed by atoms with Crippen molar-refractivity contribution in [3.05, 3.63) is 114 Å². The molecule has 2 aromatic carbocycles. The van der Waals surface area contributed by atoms with Crippen molar-refractivity contribution in [1.29, 1.82) is 0 Å². The van der Waals surface area contributed by atoms with Crippen LogP contribution in [0.1, 0.15) is 42.4 Å². The van der Waals surface area contributed by atoms with E-state index in [1.807, 2.05) is 28.5 Å². The van der Waals surface area contributed by atoms with E-state index in [-0.39, 0.29) is 23.2 Å². The summed E-state index contributed by atoms with van der Waals surface area (Å²) >= 11 is 13.6. The molecular formula is C31H31Cl2FN6O3S. The minimum absolute atomic E-state index is 0.0706. The molecular weight excluding hydrogens is 626 g/mol. The Morgan fingerprint density at radius 3 is 2.50 bits per heavy atom. The number of thioether (sulfide) groups is 1. The van der Waals surface area contributed by atoms with Crippen LogP contribution in [0, 0.1) is 5.82 Å². The number of aryl methyl sites for hydroxylation is 1. The highest BCUT2D eigenvalue weighted by atomic mass is 35.5. The fourth-order valence-electron chi connectivity index (χ4n) is 5.02. The van der Waals surface area contributed by atoms with Gasteiger partial charge in [-0.15, -0.1) is 0 Å². The molecule has 1 aliphatic rings. The van der Waals surface area contributed by atoms with Crippen molar-refractivity contribution < 1.29 is 9.18 Å². The predicted octanol–water partition coefficient (Wildman–Crippen LogP) is 5.35. The highest BCUT2D eigenvalue weighted by Gasteiger charge is 2.22. The number of nitrogens with zero attached hydrogens (tertiary/aromatic N) is 5. The molecule has 5 rings (SSSR count). The second-order valence-electron chi connectivity index (χ2n) is 10.5.